The number of amides is 1. The molecule has 0 radical (unpaired) electrons. The van der Waals surface area contributed by atoms with Crippen molar-refractivity contribution in [2.24, 2.45) is 0 Å². The van der Waals surface area contributed by atoms with Gasteiger partial charge in [-0.05, 0) is 51.1 Å². The van der Waals surface area contributed by atoms with Crippen LogP contribution in [-0.4, -0.2) is 31.8 Å². The minimum absolute atomic E-state index is 0.204. The van der Waals surface area contributed by atoms with E-state index < -0.39 is 11.7 Å². The first-order chi connectivity index (χ1) is 13.3. The molecule has 2 aromatic rings. The van der Waals surface area contributed by atoms with E-state index in [0.29, 0.717) is 17.9 Å². The Morgan fingerprint density at radius 3 is 2.54 bits per heavy atom. The Hall–Kier alpha value is -2.89. The highest BCUT2D eigenvalue weighted by Crippen LogP contribution is 2.41. The number of ether oxygens (including phenoxy) is 4. The molecule has 1 N–H and O–H groups in total. The normalized spacial score (nSPS) is 18.2. The van der Waals surface area contributed by atoms with Gasteiger partial charge in [0.05, 0.1) is 20.3 Å². The first kappa shape index (κ1) is 19.9. The average molecular weight is 385 g/mol. The molecule has 2 atom stereocenters. The Morgan fingerprint density at radius 2 is 1.86 bits per heavy atom. The van der Waals surface area contributed by atoms with E-state index in [1.54, 1.807) is 33.3 Å². The SMILES string of the molecule is COc1ccc2c(c1)C(NC(=O)C(C)Oc1ccccc1OC)CC(C)(C)O2. The van der Waals surface area contributed by atoms with Crippen molar-refractivity contribution < 1.29 is 23.7 Å². The second-order valence-corrected chi connectivity index (χ2v) is 7.44. The van der Waals surface area contributed by atoms with Crippen LogP contribution in [0.3, 0.4) is 0 Å². The third kappa shape index (κ3) is 4.32. The Bertz CT molecular complexity index is 849. The molecule has 150 valence electrons. The van der Waals surface area contributed by atoms with Crippen LogP contribution in [0.15, 0.2) is 42.5 Å². The molecule has 0 fully saturated rings. The van der Waals surface area contributed by atoms with Crippen LogP contribution < -0.4 is 24.3 Å². The van der Waals surface area contributed by atoms with Gasteiger partial charge in [0, 0.05) is 12.0 Å². The highest BCUT2D eigenvalue weighted by atomic mass is 16.5. The van der Waals surface area contributed by atoms with Gasteiger partial charge in [0.15, 0.2) is 17.6 Å². The fourth-order valence-corrected chi connectivity index (χ4v) is 3.34. The number of carbonyl (C=O) groups excluding carboxylic acids is 1. The standard InChI is InChI=1S/C22H27NO5/c1-14(27-20-9-7-6-8-19(20)26-5)21(24)23-17-13-22(2,3)28-18-11-10-15(25-4)12-16(17)18/h6-12,14,17H,13H2,1-5H3,(H,23,24). The molecule has 28 heavy (non-hydrogen) atoms. The summed E-state index contributed by atoms with van der Waals surface area (Å²) in [7, 11) is 3.19. The lowest BCUT2D eigenvalue weighted by atomic mass is 9.89. The summed E-state index contributed by atoms with van der Waals surface area (Å²) in [6.45, 7) is 5.74. The fraction of sp³-hybridized carbons (Fsp3) is 0.409. The van der Waals surface area contributed by atoms with E-state index in [1.807, 2.05) is 44.2 Å². The molecule has 2 unspecified atom stereocenters. The zero-order chi connectivity index (χ0) is 20.3. The van der Waals surface area contributed by atoms with Gasteiger partial charge in [-0.15, -0.1) is 0 Å². The van der Waals surface area contributed by atoms with Gasteiger partial charge in [0.1, 0.15) is 17.1 Å². The molecule has 0 aliphatic carbocycles. The van der Waals surface area contributed by atoms with Crippen molar-refractivity contribution in [3.8, 4) is 23.0 Å². The third-order valence-corrected chi connectivity index (χ3v) is 4.73. The molecule has 3 rings (SSSR count). The van der Waals surface area contributed by atoms with Crippen molar-refractivity contribution in [3.63, 3.8) is 0 Å². The zero-order valence-corrected chi connectivity index (χ0v) is 16.9. The van der Waals surface area contributed by atoms with Gasteiger partial charge in [0.2, 0.25) is 0 Å². The van der Waals surface area contributed by atoms with Crippen molar-refractivity contribution in [1.29, 1.82) is 0 Å². The van der Waals surface area contributed by atoms with Gasteiger partial charge < -0.3 is 24.3 Å². The molecule has 0 bridgehead atoms. The molecule has 6 heteroatoms. The molecular weight excluding hydrogens is 358 g/mol. The van der Waals surface area contributed by atoms with Crippen LogP contribution in [-0.2, 0) is 4.79 Å². The largest absolute Gasteiger partial charge is 0.497 e. The minimum Gasteiger partial charge on any atom is -0.497 e. The number of nitrogens with one attached hydrogen (secondary N) is 1. The van der Waals surface area contributed by atoms with E-state index in [4.69, 9.17) is 18.9 Å². The molecular formula is C22H27NO5. The predicted octanol–water partition coefficient (Wildman–Crippen LogP) is 3.89. The minimum atomic E-state index is -0.684. The molecule has 1 amide bonds. The van der Waals surface area contributed by atoms with Crippen LogP contribution >= 0.6 is 0 Å². The van der Waals surface area contributed by atoms with E-state index in [0.717, 1.165) is 17.1 Å². The van der Waals surface area contributed by atoms with Crippen LogP contribution in [0.25, 0.3) is 0 Å². The monoisotopic (exact) mass is 385 g/mol. The number of fused-ring (bicyclic) bond motifs is 1. The lowest BCUT2D eigenvalue weighted by molar-refractivity contribution is -0.128. The van der Waals surface area contributed by atoms with Crippen molar-refractivity contribution in [2.45, 2.75) is 44.9 Å². The molecule has 1 heterocycles. The molecule has 0 saturated carbocycles. The maximum Gasteiger partial charge on any atom is 0.261 e. The highest BCUT2D eigenvalue weighted by molar-refractivity contribution is 5.81. The molecule has 1 aliphatic heterocycles. The predicted molar refractivity (Wildman–Crippen MR) is 106 cm³/mol. The number of hydrogen-bond donors (Lipinski definition) is 1. The van der Waals surface area contributed by atoms with Crippen LogP contribution in [0.2, 0.25) is 0 Å². The highest BCUT2D eigenvalue weighted by Gasteiger charge is 2.35. The van der Waals surface area contributed by atoms with E-state index in [9.17, 15) is 4.79 Å². The van der Waals surface area contributed by atoms with Gasteiger partial charge in [0.25, 0.3) is 5.91 Å². The van der Waals surface area contributed by atoms with Crippen molar-refractivity contribution in [3.05, 3.63) is 48.0 Å². The first-order valence-corrected chi connectivity index (χ1v) is 9.30. The molecule has 2 aromatic carbocycles. The number of rotatable bonds is 6. The van der Waals surface area contributed by atoms with Gasteiger partial charge in [-0.25, -0.2) is 0 Å². The van der Waals surface area contributed by atoms with Crippen molar-refractivity contribution in [1.82, 2.24) is 5.32 Å². The summed E-state index contributed by atoms with van der Waals surface area (Å²) in [6.07, 6.45) is -0.0448. The van der Waals surface area contributed by atoms with Crippen LogP contribution in [0.1, 0.15) is 38.8 Å². The lowest BCUT2D eigenvalue weighted by Gasteiger charge is -2.38. The van der Waals surface area contributed by atoms with Gasteiger partial charge >= 0.3 is 0 Å². The van der Waals surface area contributed by atoms with Crippen molar-refractivity contribution in [2.75, 3.05) is 14.2 Å². The van der Waals surface area contributed by atoms with E-state index in [1.165, 1.54) is 0 Å². The number of para-hydroxylation sites is 2. The number of carbonyl (C=O) groups is 1. The van der Waals surface area contributed by atoms with E-state index >= 15 is 0 Å². The summed E-state index contributed by atoms with van der Waals surface area (Å²) < 4.78 is 22.5. The summed E-state index contributed by atoms with van der Waals surface area (Å²) in [5, 5.41) is 3.10. The topological polar surface area (TPSA) is 66.0 Å². The number of benzene rings is 2. The Balaban J connectivity index is 1.77. The quantitative estimate of drug-likeness (QED) is 0.817. The number of methoxy groups -OCH3 is 2. The first-order valence-electron chi connectivity index (χ1n) is 9.30. The Morgan fingerprint density at radius 1 is 1.14 bits per heavy atom. The molecule has 0 saturated heterocycles. The third-order valence-electron chi connectivity index (χ3n) is 4.73. The fourth-order valence-electron chi connectivity index (χ4n) is 3.34. The molecule has 6 nitrogen and oxygen atoms in total. The van der Waals surface area contributed by atoms with Gasteiger partial charge in [-0.2, -0.15) is 0 Å². The molecule has 0 aromatic heterocycles. The second-order valence-electron chi connectivity index (χ2n) is 7.44. The Labute approximate surface area is 165 Å². The van der Waals surface area contributed by atoms with Crippen molar-refractivity contribution >= 4 is 5.91 Å². The summed E-state index contributed by atoms with van der Waals surface area (Å²) >= 11 is 0. The maximum absolute atomic E-state index is 12.8. The van der Waals surface area contributed by atoms with Crippen LogP contribution in [0, 0.1) is 0 Å². The van der Waals surface area contributed by atoms with Gasteiger partial charge in [-0.1, -0.05) is 12.1 Å². The summed E-state index contributed by atoms with van der Waals surface area (Å²) in [4.78, 5) is 12.8. The summed E-state index contributed by atoms with van der Waals surface area (Å²) in [5.74, 6) is 2.38. The maximum atomic E-state index is 12.8. The summed E-state index contributed by atoms with van der Waals surface area (Å²) in [6, 6.07) is 12.7. The lowest BCUT2D eigenvalue weighted by Crippen LogP contribution is -2.44. The van der Waals surface area contributed by atoms with E-state index in [-0.39, 0.29) is 11.9 Å². The zero-order valence-electron chi connectivity index (χ0n) is 16.9. The van der Waals surface area contributed by atoms with Gasteiger partial charge in [-0.3, -0.25) is 4.79 Å². The number of hydrogen-bond acceptors (Lipinski definition) is 5. The second kappa shape index (κ2) is 8.00. The average Bonchev–Trinajstić information content (AvgIpc) is 2.67. The van der Waals surface area contributed by atoms with E-state index in [2.05, 4.69) is 5.32 Å². The summed E-state index contributed by atoms with van der Waals surface area (Å²) in [5.41, 5.74) is 0.503. The molecule has 0 spiro atoms. The Kier molecular flexibility index (Phi) is 5.68. The smallest absolute Gasteiger partial charge is 0.261 e. The van der Waals surface area contributed by atoms with Crippen LogP contribution in [0.5, 0.6) is 23.0 Å². The van der Waals surface area contributed by atoms with Crippen LogP contribution in [0.4, 0.5) is 0 Å². The molecule has 1 aliphatic rings.